The van der Waals surface area contributed by atoms with Crippen LogP contribution in [0.15, 0.2) is 44.2 Å². The van der Waals surface area contributed by atoms with Crippen LogP contribution in [-0.2, 0) is 9.47 Å². The standard InChI is InChI=1S/C19H20O6/c1-18(2)13(24-19(3,4)25-18)10-22-17-15-12(7-8-21-15)9-11-5-6-14(20)23-16(11)17/h5-9,13H,10H2,1-4H3. The Morgan fingerprint density at radius 2 is 1.84 bits per heavy atom. The van der Waals surface area contributed by atoms with Gasteiger partial charge in [-0.1, -0.05) is 0 Å². The monoisotopic (exact) mass is 344 g/mol. The summed E-state index contributed by atoms with van der Waals surface area (Å²) in [5.41, 5.74) is -0.0362. The Morgan fingerprint density at radius 3 is 2.56 bits per heavy atom. The van der Waals surface area contributed by atoms with E-state index in [1.165, 1.54) is 6.07 Å². The molecule has 0 aliphatic carbocycles. The summed E-state index contributed by atoms with van der Waals surface area (Å²) in [6, 6.07) is 6.83. The SMILES string of the molecule is CC1(C)OC(COc2c3occc3cc3ccc(=O)oc23)C(C)(C)O1. The molecule has 1 unspecified atom stereocenters. The lowest BCUT2D eigenvalue weighted by Crippen LogP contribution is -2.37. The second-order valence-corrected chi connectivity index (χ2v) is 7.24. The first-order chi connectivity index (χ1) is 11.8. The number of hydrogen-bond acceptors (Lipinski definition) is 6. The molecule has 0 saturated carbocycles. The third-order valence-electron chi connectivity index (χ3n) is 4.37. The predicted molar refractivity (Wildman–Crippen MR) is 91.9 cm³/mol. The summed E-state index contributed by atoms with van der Waals surface area (Å²) in [4.78, 5) is 11.7. The molecule has 4 rings (SSSR count). The van der Waals surface area contributed by atoms with Gasteiger partial charge in [-0.15, -0.1) is 0 Å². The zero-order valence-electron chi connectivity index (χ0n) is 14.6. The smallest absolute Gasteiger partial charge is 0.336 e. The van der Waals surface area contributed by atoms with Crippen LogP contribution in [0.2, 0.25) is 0 Å². The van der Waals surface area contributed by atoms with Crippen LogP contribution in [0, 0.1) is 0 Å². The lowest BCUT2D eigenvalue weighted by Gasteiger charge is -2.24. The largest absolute Gasteiger partial charge is 0.483 e. The molecule has 1 aliphatic heterocycles. The maximum Gasteiger partial charge on any atom is 0.336 e. The van der Waals surface area contributed by atoms with Crippen molar-refractivity contribution in [2.45, 2.75) is 45.2 Å². The van der Waals surface area contributed by atoms with Gasteiger partial charge < -0.3 is 23.0 Å². The van der Waals surface area contributed by atoms with Crippen molar-refractivity contribution >= 4 is 21.9 Å². The van der Waals surface area contributed by atoms with E-state index in [0.29, 0.717) is 16.9 Å². The van der Waals surface area contributed by atoms with Crippen molar-refractivity contribution < 1.29 is 23.0 Å². The fraction of sp³-hybridized carbons (Fsp3) is 0.421. The molecule has 3 heterocycles. The Kier molecular flexibility index (Phi) is 3.46. The van der Waals surface area contributed by atoms with E-state index in [1.54, 1.807) is 12.3 Å². The fourth-order valence-corrected chi connectivity index (χ4v) is 3.34. The second-order valence-electron chi connectivity index (χ2n) is 7.24. The normalized spacial score (nSPS) is 21.8. The molecular weight excluding hydrogens is 324 g/mol. The summed E-state index contributed by atoms with van der Waals surface area (Å²) in [6.07, 6.45) is 1.30. The van der Waals surface area contributed by atoms with Crippen molar-refractivity contribution in [1.82, 2.24) is 0 Å². The summed E-state index contributed by atoms with van der Waals surface area (Å²) in [7, 11) is 0. The van der Waals surface area contributed by atoms with Crippen molar-refractivity contribution in [1.29, 1.82) is 0 Å². The quantitative estimate of drug-likeness (QED) is 0.672. The number of benzene rings is 1. The molecule has 0 spiro atoms. The minimum atomic E-state index is -0.678. The molecule has 1 aromatic carbocycles. The highest BCUT2D eigenvalue weighted by molar-refractivity contribution is 5.99. The highest BCUT2D eigenvalue weighted by atomic mass is 16.8. The minimum Gasteiger partial charge on any atom is -0.483 e. The first-order valence-electron chi connectivity index (χ1n) is 8.20. The topological polar surface area (TPSA) is 71.0 Å². The van der Waals surface area contributed by atoms with Crippen LogP contribution in [0.4, 0.5) is 0 Å². The van der Waals surface area contributed by atoms with Crippen LogP contribution >= 0.6 is 0 Å². The van der Waals surface area contributed by atoms with E-state index in [2.05, 4.69) is 0 Å². The van der Waals surface area contributed by atoms with E-state index in [0.717, 1.165) is 10.8 Å². The van der Waals surface area contributed by atoms with Crippen molar-refractivity contribution in [2.24, 2.45) is 0 Å². The van der Waals surface area contributed by atoms with Gasteiger partial charge in [-0.25, -0.2) is 4.79 Å². The number of furan rings is 1. The van der Waals surface area contributed by atoms with E-state index in [-0.39, 0.29) is 12.7 Å². The van der Waals surface area contributed by atoms with E-state index in [1.807, 2.05) is 39.8 Å². The average molecular weight is 344 g/mol. The maximum atomic E-state index is 11.7. The molecule has 1 aliphatic rings. The molecule has 132 valence electrons. The maximum absolute atomic E-state index is 11.7. The van der Waals surface area contributed by atoms with E-state index in [4.69, 9.17) is 23.0 Å². The highest BCUT2D eigenvalue weighted by Gasteiger charge is 2.47. The Balaban J connectivity index is 1.74. The number of ether oxygens (including phenoxy) is 3. The molecule has 6 heteroatoms. The zero-order chi connectivity index (χ0) is 17.8. The molecular formula is C19H20O6. The third-order valence-corrected chi connectivity index (χ3v) is 4.37. The van der Waals surface area contributed by atoms with Crippen LogP contribution in [0.3, 0.4) is 0 Å². The van der Waals surface area contributed by atoms with Crippen molar-refractivity contribution in [3.05, 3.63) is 40.9 Å². The Bertz CT molecular complexity index is 994. The van der Waals surface area contributed by atoms with Gasteiger partial charge in [0.1, 0.15) is 12.7 Å². The summed E-state index contributed by atoms with van der Waals surface area (Å²) in [5.74, 6) is -0.276. The molecule has 3 aromatic rings. The van der Waals surface area contributed by atoms with Gasteiger partial charge in [-0.2, -0.15) is 0 Å². The Morgan fingerprint density at radius 1 is 1.08 bits per heavy atom. The van der Waals surface area contributed by atoms with Gasteiger partial charge in [0.25, 0.3) is 0 Å². The molecule has 25 heavy (non-hydrogen) atoms. The highest BCUT2D eigenvalue weighted by Crippen LogP contribution is 2.38. The van der Waals surface area contributed by atoms with Crippen molar-refractivity contribution in [3.8, 4) is 5.75 Å². The molecule has 0 N–H and O–H groups in total. The van der Waals surface area contributed by atoms with Gasteiger partial charge in [-0.05, 0) is 45.9 Å². The first-order valence-corrected chi connectivity index (χ1v) is 8.20. The summed E-state index contributed by atoms with van der Waals surface area (Å²) in [5, 5.41) is 1.64. The molecule has 1 saturated heterocycles. The second kappa shape index (κ2) is 5.34. The fourth-order valence-electron chi connectivity index (χ4n) is 3.34. The zero-order valence-corrected chi connectivity index (χ0v) is 14.6. The van der Waals surface area contributed by atoms with Crippen molar-refractivity contribution in [2.75, 3.05) is 6.61 Å². The molecule has 0 bridgehead atoms. The lowest BCUT2D eigenvalue weighted by atomic mass is 10.0. The van der Waals surface area contributed by atoms with Crippen LogP contribution in [0.25, 0.3) is 21.9 Å². The summed E-state index contributed by atoms with van der Waals surface area (Å²) < 4.78 is 28.8. The van der Waals surface area contributed by atoms with E-state index in [9.17, 15) is 4.79 Å². The minimum absolute atomic E-state index is 0.240. The van der Waals surface area contributed by atoms with Gasteiger partial charge in [0.05, 0.1) is 11.9 Å². The summed E-state index contributed by atoms with van der Waals surface area (Å²) >= 11 is 0. The number of fused-ring (bicyclic) bond motifs is 2. The molecule has 0 amide bonds. The van der Waals surface area contributed by atoms with Crippen LogP contribution in [0.1, 0.15) is 27.7 Å². The van der Waals surface area contributed by atoms with Gasteiger partial charge in [0, 0.05) is 16.8 Å². The van der Waals surface area contributed by atoms with Crippen LogP contribution in [0.5, 0.6) is 5.75 Å². The Labute approximate surface area is 144 Å². The van der Waals surface area contributed by atoms with Crippen LogP contribution in [-0.4, -0.2) is 24.1 Å². The van der Waals surface area contributed by atoms with Gasteiger partial charge in [0.2, 0.25) is 5.75 Å². The van der Waals surface area contributed by atoms with E-state index >= 15 is 0 Å². The molecule has 6 nitrogen and oxygen atoms in total. The Hall–Kier alpha value is -2.31. The van der Waals surface area contributed by atoms with Crippen molar-refractivity contribution in [3.63, 3.8) is 0 Å². The molecule has 1 atom stereocenters. The van der Waals surface area contributed by atoms with E-state index < -0.39 is 17.0 Å². The van der Waals surface area contributed by atoms with Gasteiger partial charge in [0.15, 0.2) is 17.0 Å². The number of rotatable bonds is 3. The lowest BCUT2D eigenvalue weighted by molar-refractivity contribution is -0.158. The predicted octanol–water partition coefficient (Wildman–Crippen LogP) is 3.85. The molecule has 0 radical (unpaired) electrons. The third kappa shape index (κ3) is 2.81. The molecule has 1 fully saturated rings. The first kappa shape index (κ1) is 16.2. The molecule has 2 aromatic heterocycles. The van der Waals surface area contributed by atoms with Gasteiger partial charge in [-0.3, -0.25) is 0 Å². The van der Waals surface area contributed by atoms with Gasteiger partial charge >= 0.3 is 5.63 Å². The number of hydrogen-bond donors (Lipinski definition) is 0. The average Bonchev–Trinajstić information content (AvgIpc) is 3.04. The van der Waals surface area contributed by atoms with Crippen LogP contribution < -0.4 is 10.4 Å². The summed E-state index contributed by atoms with van der Waals surface area (Å²) in [6.45, 7) is 7.90.